The third kappa shape index (κ3) is 2.35. The van der Waals surface area contributed by atoms with Gasteiger partial charge in [0.15, 0.2) is 0 Å². The van der Waals surface area contributed by atoms with Crippen molar-refractivity contribution in [2.24, 2.45) is 7.05 Å². The van der Waals surface area contributed by atoms with Crippen LogP contribution in [0.15, 0.2) is 36.5 Å². The molecule has 0 unspecified atom stereocenters. The number of nitrogens with zero attached hydrogens (tertiary/aromatic N) is 3. The van der Waals surface area contributed by atoms with E-state index in [2.05, 4.69) is 0 Å². The van der Waals surface area contributed by atoms with Gasteiger partial charge in [-0.15, -0.1) is 0 Å². The molecule has 124 valence electrons. The lowest BCUT2D eigenvalue weighted by atomic mass is 9.97. The number of benzene rings is 1. The number of anilines is 1. The van der Waals surface area contributed by atoms with E-state index >= 15 is 0 Å². The molecule has 0 radical (unpaired) electrons. The molecule has 1 aromatic carbocycles. The molecule has 1 fully saturated rings. The standard InChI is InChI=1S/C18H19N3O3/c1-19-8-3-6-16(19)17(22)20-9-7-14-13(12-20)4-2-5-15(14)21-10-11-24-18(21)23/h2-6,8H,7,9-12H2,1H3. The van der Waals surface area contributed by atoms with Crippen LogP contribution in [0.3, 0.4) is 0 Å². The maximum Gasteiger partial charge on any atom is 0.414 e. The van der Waals surface area contributed by atoms with Crippen LogP contribution in [0.25, 0.3) is 0 Å². The summed E-state index contributed by atoms with van der Waals surface area (Å²) in [6, 6.07) is 9.65. The number of hydrogen-bond acceptors (Lipinski definition) is 3. The highest BCUT2D eigenvalue weighted by Crippen LogP contribution is 2.31. The van der Waals surface area contributed by atoms with Crippen molar-refractivity contribution in [3.8, 4) is 0 Å². The molecule has 2 aliphatic heterocycles. The molecule has 0 spiro atoms. The van der Waals surface area contributed by atoms with E-state index in [1.54, 1.807) is 4.90 Å². The summed E-state index contributed by atoms with van der Waals surface area (Å²) in [5.74, 6) is 0.0409. The Kier molecular flexibility index (Phi) is 3.52. The van der Waals surface area contributed by atoms with Crippen molar-refractivity contribution >= 4 is 17.7 Å². The lowest BCUT2D eigenvalue weighted by molar-refractivity contribution is 0.0725. The highest BCUT2D eigenvalue weighted by molar-refractivity contribution is 5.93. The summed E-state index contributed by atoms with van der Waals surface area (Å²) >= 11 is 0. The molecule has 1 saturated heterocycles. The van der Waals surface area contributed by atoms with Crippen molar-refractivity contribution in [3.05, 3.63) is 53.3 Å². The van der Waals surface area contributed by atoms with E-state index in [9.17, 15) is 9.59 Å². The van der Waals surface area contributed by atoms with E-state index < -0.39 is 0 Å². The third-order valence-corrected chi connectivity index (χ3v) is 4.74. The van der Waals surface area contributed by atoms with Gasteiger partial charge in [0.25, 0.3) is 5.91 Å². The smallest absolute Gasteiger partial charge is 0.414 e. The highest BCUT2D eigenvalue weighted by Gasteiger charge is 2.30. The van der Waals surface area contributed by atoms with Gasteiger partial charge in [-0.1, -0.05) is 12.1 Å². The Bertz CT molecular complexity index is 812. The molecule has 0 bridgehead atoms. The molecule has 2 aliphatic rings. The third-order valence-electron chi connectivity index (χ3n) is 4.74. The van der Waals surface area contributed by atoms with Crippen LogP contribution < -0.4 is 4.90 Å². The first-order valence-electron chi connectivity index (χ1n) is 8.11. The van der Waals surface area contributed by atoms with Crippen molar-refractivity contribution in [2.45, 2.75) is 13.0 Å². The fraction of sp³-hybridized carbons (Fsp3) is 0.333. The molecule has 6 heteroatoms. The predicted molar refractivity (Wildman–Crippen MR) is 89.0 cm³/mol. The number of carbonyl (C=O) groups is 2. The molecule has 1 aromatic heterocycles. The molecule has 3 heterocycles. The second kappa shape index (κ2) is 5.70. The minimum Gasteiger partial charge on any atom is -0.447 e. The zero-order valence-electron chi connectivity index (χ0n) is 13.6. The van der Waals surface area contributed by atoms with Gasteiger partial charge in [-0.25, -0.2) is 4.79 Å². The molecule has 4 rings (SSSR count). The zero-order valence-corrected chi connectivity index (χ0v) is 13.6. The van der Waals surface area contributed by atoms with E-state index in [-0.39, 0.29) is 12.0 Å². The van der Waals surface area contributed by atoms with E-state index in [4.69, 9.17) is 4.74 Å². The topological polar surface area (TPSA) is 54.8 Å². The minimum atomic E-state index is -0.286. The van der Waals surface area contributed by atoms with E-state index in [1.165, 1.54) is 0 Å². The molecule has 0 N–H and O–H groups in total. The summed E-state index contributed by atoms with van der Waals surface area (Å²) in [6.45, 7) is 2.23. The van der Waals surface area contributed by atoms with Crippen LogP contribution in [0.4, 0.5) is 10.5 Å². The predicted octanol–water partition coefficient (Wildman–Crippen LogP) is 2.18. The van der Waals surface area contributed by atoms with Crippen LogP contribution in [0.2, 0.25) is 0 Å². The first kappa shape index (κ1) is 14.8. The van der Waals surface area contributed by atoms with Gasteiger partial charge < -0.3 is 14.2 Å². The lowest BCUT2D eigenvalue weighted by Gasteiger charge is -2.31. The molecule has 6 nitrogen and oxygen atoms in total. The molecule has 0 atom stereocenters. The van der Waals surface area contributed by atoms with Gasteiger partial charge >= 0.3 is 6.09 Å². The van der Waals surface area contributed by atoms with Crippen LogP contribution in [0.5, 0.6) is 0 Å². The number of fused-ring (bicyclic) bond motifs is 1. The monoisotopic (exact) mass is 325 g/mol. The van der Waals surface area contributed by atoms with Crippen molar-refractivity contribution in [1.82, 2.24) is 9.47 Å². The minimum absolute atomic E-state index is 0.0409. The molecule has 2 aromatic rings. The van der Waals surface area contributed by atoms with Gasteiger partial charge in [0.2, 0.25) is 0 Å². The molecule has 0 saturated carbocycles. The first-order chi connectivity index (χ1) is 11.6. The number of hydrogen-bond donors (Lipinski definition) is 0. The van der Waals surface area contributed by atoms with Crippen molar-refractivity contribution in [3.63, 3.8) is 0 Å². The quantitative estimate of drug-likeness (QED) is 0.850. The highest BCUT2D eigenvalue weighted by atomic mass is 16.6. The molecule has 0 aliphatic carbocycles. The Balaban J connectivity index is 1.61. The Morgan fingerprint density at radius 3 is 2.75 bits per heavy atom. The molecule has 2 amide bonds. The second-order valence-electron chi connectivity index (χ2n) is 6.16. The summed E-state index contributed by atoms with van der Waals surface area (Å²) in [4.78, 5) is 28.1. The summed E-state index contributed by atoms with van der Waals surface area (Å²) in [5.41, 5.74) is 3.85. The summed E-state index contributed by atoms with van der Waals surface area (Å²) in [5, 5.41) is 0. The van der Waals surface area contributed by atoms with E-state index in [0.717, 1.165) is 23.2 Å². The van der Waals surface area contributed by atoms with Gasteiger partial charge in [-0.2, -0.15) is 0 Å². The number of carbonyl (C=O) groups excluding carboxylic acids is 2. The van der Waals surface area contributed by atoms with E-state index in [1.807, 2.05) is 53.0 Å². The van der Waals surface area contributed by atoms with Gasteiger partial charge in [0, 0.05) is 26.3 Å². The van der Waals surface area contributed by atoms with E-state index in [0.29, 0.717) is 31.9 Å². The number of amides is 2. The molecular formula is C18H19N3O3. The Labute approximate surface area is 140 Å². The maximum absolute atomic E-state index is 12.7. The number of cyclic esters (lactones) is 1. The summed E-state index contributed by atoms with van der Waals surface area (Å²) in [7, 11) is 1.88. The van der Waals surface area contributed by atoms with Crippen molar-refractivity contribution < 1.29 is 14.3 Å². The van der Waals surface area contributed by atoms with Crippen molar-refractivity contribution in [1.29, 1.82) is 0 Å². The normalized spacial score (nSPS) is 17.0. The van der Waals surface area contributed by atoms with Gasteiger partial charge in [0.05, 0.1) is 12.2 Å². The van der Waals surface area contributed by atoms with Crippen LogP contribution in [-0.2, 0) is 24.8 Å². The summed E-state index contributed by atoms with van der Waals surface area (Å²) < 4.78 is 6.89. The van der Waals surface area contributed by atoms with Gasteiger partial charge in [0.1, 0.15) is 12.3 Å². The molecular weight excluding hydrogens is 306 g/mol. The average molecular weight is 325 g/mol. The second-order valence-corrected chi connectivity index (χ2v) is 6.16. The molecule has 24 heavy (non-hydrogen) atoms. The van der Waals surface area contributed by atoms with Crippen LogP contribution in [-0.4, -0.2) is 41.2 Å². The Hall–Kier alpha value is -2.76. The zero-order chi connectivity index (χ0) is 16.7. The number of aromatic nitrogens is 1. The lowest BCUT2D eigenvalue weighted by Crippen LogP contribution is -2.37. The number of ether oxygens (including phenoxy) is 1. The number of rotatable bonds is 2. The average Bonchev–Trinajstić information content (AvgIpc) is 3.21. The van der Waals surface area contributed by atoms with Crippen LogP contribution >= 0.6 is 0 Å². The van der Waals surface area contributed by atoms with Gasteiger partial charge in [-0.3, -0.25) is 9.69 Å². The SMILES string of the molecule is Cn1cccc1C(=O)N1CCc2c(cccc2N2CCOC2=O)C1. The first-order valence-corrected chi connectivity index (χ1v) is 8.11. The van der Waals surface area contributed by atoms with Crippen LogP contribution in [0, 0.1) is 0 Å². The summed E-state index contributed by atoms with van der Waals surface area (Å²) in [6.07, 6.45) is 2.33. The van der Waals surface area contributed by atoms with Gasteiger partial charge in [-0.05, 0) is 35.7 Å². The van der Waals surface area contributed by atoms with Crippen molar-refractivity contribution in [2.75, 3.05) is 24.6 Å². The number of aryl methyl sites for hydroxylation is 1. The Morgan fingerprint density at radius 2 is 2.04 bits per heavy atom. The largest absolute Gasteiger partial charge is 0.447 e. The maximum atomic E-state index is 12.7. The Morgan fingerprint density at radius 1 is 1.17 bits per heavy atom. The fourth-order valence-electron chi connectivity index (χ4n) is 3.47. The van der Waals surface area contributed by atoms with Crippen LogP contribution in [0.1, 0.15) is 21.6 Å². The fourth-order valence-corrected chi connectivity index (χ4v) is 3.47.